The fourth-order valence-electron chi connectivity index (χ4n) is 4.23. The van der Waals surface area contributed by atoms with Gasteiger partial charge in [0.1, 0.15) is 4.90 Å². The van der Waals surface area contributed by atoms with Crippen LogP contribution >= 0.6 is 0 Å². The molecule has 0 spiro atoms. The molecule has 0 bridgehead atoms. The molecule has 146 valence electrons. The van der Waals surface area contributed by atoms with Crippen LogP contribution in [0, 0.1) is 13.8 Å². The number of hydrogen-bond donors (Lipinski definition) is 1. The first-order valence-corrected chi connectivity index (χ1v) is 11.0. The molecule has 0 aromatic heterocycles. The van der Waals surface area contributed by atoms with Gasteiger partial charge in [0.2, 0.25) is 0 Å². The zero-order valence-electron chi connectivity index (χ0n) is 16.2. The van der Waals surface area contributed by atoms with Crippen LogP contribution in [0.3, 0.4) is 0 Å². The van der Waals surface area contributed by atoms with Gasteiger partial charge in [-0.3, -0.25) is 4.18 Å². The summed E-state index contributed by atoms with van der Waals surface area (Å²) in [7, 11) is -3.92. The minimum Gasteiger partial charge on any atom is -0.384 e. The maximum Gasteiger partial charge on any atom is 0.297 e. The van der Waals surface area contributed by atoms with Gasteiger partial charge < -0.3 is 5.11 Å². The number of benzene rings is 2. The Morgan fingerprint density at radius 1 is 1.11 bits per heavy atom. The molecule has 1 aliphatic carbocycles. The van der Waals surface area contributed by atoms with Crippen molar-refractivity contribution in [3.05, 3.63) is 64.7 Å². The summed E-state index contributed by atoms with van der Waals surface area (Å²) in [5.41, 5.74) is 2.33. The third-order valence-corrected chi connectivity index (χ3v) is 6.91. The Morgan fingerprint density at radius 2 is 1.85 bits per heavy atom. The summed E-state index contributed by atoms with van der Waals surface area (Å²) in [6.07, 6.45) is 3.23. The van der Waals surface area contributed by atoms with Crippen LogP contribution in [-0.2, 0) is 19.9 Å². The van der Waals surface area contributed by atoms with E-state index >= 15 is 0 Å². The second-order valence-electron chi connectivity index (χ2n) is 7.50. The predicted octanol–water partition coefficient (Wildman–Crippen LogP) is 4.57. The summed E-state index contributed by atoms with van der Waals surface area (Å²) in [5, 5.41) is 11.9. The van der Waals surface area contributed by atoms with Gasteiger partial charge in [-0.2, -0.15) is 8.42 Å². The lowest BCUT2D eigenvalue weighted by molar-refractivity contribution is -0.0251. The summed E-state index contributed by atoms with van der Waals surface area (Å²) in [6.45, 7) is 5.66. The summed E-state index contributed by atoms with van der Waals surface area (Å²) >= 11 is 0. The van der Waals surface area contributed by atoms with Crippen molar-refractivity contribution in [2.24, 2.45) is 0 Å². The average Bonchev–Trinajstić information content (AvgIpc) is 2.61. The molecule has 2 unspecified atom stereocenters. The Kier molecular flexibility index (Phi) is 5.75. The fraction of sp³-hybridized carbons (Fsp3) is 0.455. The first kappa shape index (κ1) is 20.1. The summed E-state index contributed by atoms with van der Waals surface area (Å²) in [5.74, 6) is -0.150. The van der Waals surface area contributed by atoms with Crippen LogP contribution < -0.4 is 0 Å². The highest BCUT2D eigenvalue weighted by Gasteiger charge is 2.44. The maximum absolute atomic E-state index is 12.7. The maximum atomic E-state index is 12.7. The second kappa shape index (κ2) is 7.74. The quantitative estimate of drug-likeness (QED) is 0.762. The number of aryl methyl sites for hydroxylation is 2. The molecule has 0 radical (unpaired) electrons. The minimum atomic E-state index is -3.92. The number of hydrogen-bond acceptors (Lipinski definition) is 4. The van der Waals surface area contributed by atoms with Gasteiger partial charge in [0.25, 0.3) is 10.1 Å². The smallest absolute Gasteiger partial charge is 0.297 e. The zero-order valence-corrected chi connectivity index (χ0v) is 17.1. The van der Waals surface area contributed by atoms with E-state index in [1.54, 1.807) is 25.1 Å². The highest BCUT2D eigenvalue weighted by Crippen LogP contribution is 2.49. The number of aliphatic hydroxyl groups is 1. The Hall–Kier alpha value is -1.69. The summed E-state index contributed by atoms with van der Waals surface area (Å²) in [6, 6.07) is 13.3. The molecule has 4 nitrogen and oxygen atoms in total. The Balaban J connectivity index is 2.18. The molecule has 3 rings (SSSR count). The van der Waals surface area contributed by atoms with E-state index in [4.69, 9.17) is 4.18 Å². The summed E-state index contributed by atoms with van der Waals surface area (Å²) < 4.78 is 30.5. The van der Waals surface area contributed by atoms with Crippen LogP contribution in [0.4, 0.5) is 0 Å². The second-order valence-corrected chi connectivity index (χ2v) is 9.08. The van der Waals surface area contributed by atoms with Crippen molar-refractivity contribution in [3.63, 3.8) is 0 Å². The largest absolute Gasteiger partial charge is 0.384 e. The SMILES string of the molecule is CCOS(=O)(=O)c1ccc(C)cc1C1(O)CCCCC1c1cccc(C)c1. The van der Waals surface area contributed by atoms with Crippen LogP contribution in [0.15, 0.2) is 47.4 Å². The molecule has 2 atom stereocenters. The Labute approximate surface area is 162 Å². The molecule has 1 N–H and O–H groups in total. The molecule has 2 aromatic rings. The van der Waals surface area contributed by atoms with Gasteiger partial charge in [0.15, 0.2) is 0 Å². The lowest BCUT2D eigenvalue weighted by Gasteiger charge is -2.42. The summed E-state index contributed by atoms with van der Waals surface area (Å²) in [4.78, 5) is 0.0806. The van der Waals surface area contributed by atoms with E-state index in [1.165, 1.54) is 0 Å². The van der Waals surface area contributed by atoms with Gasteiger partial charge in [-0.15, -0.1) is 0 Å². The lowest BCUT2D eigenvalue weighted by Crippen LogP contribution is -2.38. The molecule has 0 saturated heterocycles. The Morgan fingerprint density at radius 3 is 2.56 bits per heavy atom. The molecule has 1 saturated carbocycles. The highest BCUT2D eigenvalue weighted by molar-refractivity contribution is 7.86. The molecule has 1 aliphatic rings. The first-order valence-electron chi connectivity index (χ1n) is 9.57. The third kappa shape index (κ3) is 3.96. The zero-order chi connectivity index (χ0) is 19.7. The molecule has 0 amide bonds. The van der Waals surface area contributed by atoms with Gasteiger partial charge in [0.05, 0.1) is 12.2 Å². The van der Waals surface area contributed by atoms with E-state index in [-0.39, 0.29) is 17.4 Å². The van der Waals surface area contributed by atoms with E-state index in [2.05, 4.69) is 6.07 Å². The standard InChI is InChI=1S/C22H28O4S/c1-4-26-27(24,25)21-12-11-17(3)15-20(21)22(23)13-6-5-10-19(22)18-9-7-8-16(2)14-18/h7-9,11-12,14-15,19,23H,4-6,10,13H2,1-3H3. The van der Waals surface area contributed by atoms with Gasteiger partial charge in [-0.05, 0) is 45.2 Å². The van der Waals surface area contributed by atoms with Crippen LogP contribution in [0.1, 0.15) is 60.8 Å². The van der Waals surface area contributed by atoms with Crippen molar-refractivity contribution in [2.45, 2.75) is 62.9 Å². The van der Waals surface area contributed by atoms with Crippen molar-refractivity contribution in [1.29, 1.82) is 0 Å². The molecule has 0 aliphatic heterocycles. The van der Waals surface area contributed by atoms with Crippen LogP contribution in [-0.4, -0.2) is 20.1 Å². The van der Waals surface area contributed by atoms with Crippen molar-refractivity contribution in [1.82, 2.24) is 0 Å². The van der Waals surface area contributed by atoms with E-state index in [9.17, 15) is 13.5 Å². The average molecular weight is 389 g/mol. The van der Waals surface area contributed by atoms with Gasteiger partial charge >= 0.3 is 0 Å². The van der Waals surface area contributed by atoms with E-state index in [1.807, 2.05) is 32.0 Å². The van der Waals surface area contributed by atoms with E-state index < -0.39 is 15.7 Å². The lowest BCUT2D eigenvalue weighted by atomic mass is 9.68. The molecule has 1 fully saturated rings. The molecule has 0 heterocycles. The van der Waals surface area contributed by atoms with Crippen molar-refractivity contribution >= 4 is 10.1 Å². The van der Waals surface area contributed by atoms with Crippen molar-refractivity contribution in [2.75, 3.05) is 6.61 Å². The van der Waals surface area contributed by atoms with Gasteiger partial charge in [-0.1, -0.05) is 60.4 Å². The third-order valence-electron chi connectivity index (χ3n) is 5.47. The Bertz CT molecular complexity index is 920. The molecular formula is C22H28O4S. The van der Waals surface area contributed by atoms with Crippen molar-refractivity contribution in [3.8, 4) is 0 Å². The van der Waals surface area contributed by atoms with Crippen LogP contribution in [0.2, 0.25) is 0 Å². The predicted molar refractivity (Wildman–Crippen MR) is 106 cm³/mol. The minimum absolute atomic E-state index is 0.0649. The normalized spacial score (nSPS) is 23.3. The fourth-order valence-corrected chi connectivity index (χ4v) is 5.40. The first-order chi connectivity index (χ1) is 12.8. The van der Waals surface area contributed by atoms with Crippen molar-refractivity contribution < 1.29 is 17.7 Å². The highest BCUT2D eigenvalue weighted by atomic mass is 32.2. The van der Waals surface area contributed by atoms with E-state index in [0.717, 1.165) is 36.0 Å². The molecule has 2 aromatic carbocycles. The monoisotopic (exact) mass is 388 g/mol. The van der Waals surface area contributed by atoms with Gasteiger partial charge in [0, 0.05) is 11.5 Å². The van der Waals surface area contributed by atoms with Crippen LogP contribution in [0.25, 0.3) is 0 Å². The van der Waals surface area contributed by atoms with Crippen LogP contribution in [0.5, 0.6) is 0 Å². The van der Waals surface area contributed by atoms with E-state index in [0.29, 0.717) is 12.0 Å². The molecule has 5 heteroatoms. The topological polar surface area (TPSA) is 63.6 Å². The molecular weight excluding hydrogens is 360 g/mol. The molecule has 27 heavy (non-hydrogen) atoms. The number of rotatable bonds is 5. The van der Waals surface area contributed by atoms with Gasteiger partial charge in [-0.25, -0.2) is 0 Å².